The summed E-state index contributed by atoms with van der Waals surface area (Å²) in [5, 5.41) is 9.88. The Morgan fingerprint density at radius 3 is 2.50 bits per heavy atom. The molecule has 0 aliphatic rings. The van der Waals surface area contributed by atoms with Crippen LogP contribution in [0.25, 0.3) is 0 Å². The van der Waals surface area contributed by atoms with Gasteiger partial charge in [0, 0.05) is 19.0 Å². The van der Waals surface area contributed by atoms with Gasteiger partial charge in [-0.05, 0) is 18.4 Å². The zero-order valence-corrected chi connectivity index (χ0v) is 6.94. The number of nitrogens with one attached hydrogen (secondary N) is 2. The highest BCUT2D eigenvalue weighted by Gasteiger charge is 1.96. The summed E-state index contributed by atoms with van der Waals surface area (Å²) in [5.41, 5.74) is 1.13. The molecule has 0 bridgehead atoms. The molecule has 0 radical (unpaired) electrons. The lowest BCUT2D eigenvalue weighted by Gasteiger charge is -2.07. The summed E-state index contributed by atoms with van der Waals surface area (Å²) in [6.45, 7) is 4.32. The second-order valence-electron chi connectivity index (χ2n) is 2.71. The van der Waals surface area contributed by atoms with Crippen molar-refractivity contribution in [2.24, 2.45) is 5.92 Å². The van der Waals surface area contributed by atoms with Gasteiger partial charge in [-0.1, -0.05) is 13.8 Å². The molecule has 0 aliphatic heterocycles. The van der Waals surface area contributed by atoms with Crippen molar-refractivity contribution in [3.63, 3.8) is 0 Å². The van der Waals surface area contributed by atoms with E-state index in [9.17, 15) is 0 Å². The molecule has 0 spiro atoms. The first kappa shape index (κ1) is 9.21. The standard InChI is InChI=1S/C8H16N2/c1-7(2)6-8(10-3)4-5-9/h4-5,7,9-10H,6H2,1-3H3/b8-4-,9-5?. The van der Waals surface area contributed by atoms with Crippen molar-refractivity contribution in [3.05, 3.63) is 11.8 Å². The van der Waals surface area contributed by atoms with Crippen LogP contribution < -0.4 is 5.32 Å². The predicted molar refractivity (Wildman–Crippen MR) is 45.4 cm³/mol. The minimum Gasteiger partial charge on any atom is -0.391 e. The van der Waals surface area contributed by atoms with Crippen molar-refractivity contribution < 1.29 is 0 Å². The Hall–Kier alpha value is -0.790. The van der Waals surface area contributed by atoms with Gasteiger partial charge in [-0.2, -0.15) is 0 Å². The largest absolute Gasteiger partial charge is 0.391 e. The van der Waals surface area contributed by atoms with E-state index in [-0.39, 0.29) is 0 Å². The molecule has 10 heavy (non-hydrogen) atoms. The summed E-state index contributed by atoms with van der Waals surface area (Å²) in [4.78, 5) is 0. The minimum absolute atomic E-state index is 0.652. The number of rotatable bonds is 4. The van der Waals surface area contributed by atoms with Crippen molar-refractivity contribution in [3.8, 4) is 0 Å². The fourth-order valence-electron chi connectivity index (χ4n) is 0.794. The van der Waals surface area contributed by atoms with E-state index in [1.807, 2.05) is 7.05 Å². The first-order valence-corrected chi connectivity index (χ1v) is 3.58. The van der Waals surface area contributed by atoms with Gasteiger partial charge in [0.2, 0.25) is 0 Å². The smallest absolute Gasteiger partial charge is 0.0194 e. The molecule has 0 amide bonds. The van der Waals surface area contributed by atoms with Crippen LogP contribution in [0.3, 0.4) is 0 Å². The predicted octanol–water partition coefficient (Wildman–Crippen LogP) is 1.79. The van der Waals surface area contributed by atoms with E-state index < -0.39 is 0 Å². The summed E-state index contributed by atoms with van der Waals surface area (Å²) in [6, 6.07) is 0. The van der Waals surface area contributed by atoms with Gasteiger partial charge in [-0.15, -0.1) is 0 Å². The summed E-state index contributed by atoms with van der Waals surface area (Å²) in [5.74, 6) is 0.652. The molecule has 58 valence electrons. The third-order valence-electron chi connectivity index (χ3n) is 1.23. The topological polar surface area (TPSA) is 35.9 Å². The van der Waals surface area contributed by atoms with Crippen molar-refractivity contribution in [1.29, 1.82) is 5.41 Å². The summed E-state index contributed by atoms with van der Waals surface area (Å²) in [6.07, 6.45) is 4.13. The summed E-state index contributed by atoms with van der Waals surface area (Å²) < 4.78 is 0. The fourth-order valence-corrected chi connectivity index (χ4v) is 0.794. The van der Waals surface area contributed by atoms with E-state index in [1.165, 1.54) is 6.21 Å². The van der Waals surface area contributed by atoms with E-state index in [2.05, 4.69) is 19.2 Å². The van der Waals surface area contributed by atoms with Crippen LogP contribution in [-0.2, 0) is 0 Å². The van der Waals surface area contributed by atoms with E-state index >= 15 is 0 Å². The van der Waals surface area contributed by atoms with E-state index in [0.717, 1.165) is 12.1 Å². The van der Waals surface area contributed by atoms with Crippen LogP contribution in [0, 0.1) is 11.3 Å². The quantitative estimate of drug-likeness (QED) is 0.574. The zero-order valence-electron chi connectivity index (χ0n) is 6.94. The van der Waals surface area contributed by atoms with Crippen molar-refractivity contribution in [1.82, 2.24) is 5.32 Å². The van der Waals surface area contributed by atoms with Crippen molar-refractivity contribution >= 4 is 6.21 Å². The average molecular weight is 140 g/mol. The van der Waals surface area contributed by atoms with Crippen LogP contribution in [-0.4, -0.2) is 13.3 Å². The average Bonchev–Trinajstić information content (AvgIpc) is 1.86. The highest BCUT2D eigenvalue weighted by Crippen LogP contribution is 2.05. The molecule has 0 unspecified atom stereocenters. The summed E-state index contributed by atoms with van der Waals surface area (Å²) in [7, 11) is 1.89. The SMILES string of the molecule is CN/C(=C\C=N)CC(C)C. The molecular formula is C8H16N2. The molecule has 0 aliphatic carbocycles. The molecule has 0 atom stereocenters. The number of hydrogen-bond acceptors (Lipinski definition) is 2. The normalized spacial score (nSPS) is 11.8. The molecular weight excluding hydrogens is 124 g/mol. The van der Waals surface area contributed by atoms with Gasteiger partial charge in [-0.25, -0.2) is 0 Å². The number of allylic oxidation sites excluding steroid dienone is 2. The molecule has 0 aromatic heterocycles. The van der Waals surface area contributed by atoms with Crippen LogP contribution in [0.15, 0.2) is 11.8 Å². The van der Waals surface area contributed by atoms with Gasteiger partial charge in [-0.3, -0.25) is 0 Å². The van der Waals surface area contributed by atoms with Gasteiger partial charge in [0.05, 0.1) is 0 Å². The Morgan fingerprint density at radius 2 is 2.20 bits per heavy atom. The molecule has 2 heteroatoms. The maximum Gasteiger partial charge on any atom is 0.0194 e. The highest BCUT2D eigenvalue weighted by atomic mass is 14.8. The van der Waals surface area contributed by atoms with Crippen LogP contribution in [0.5, 0.6) is 0 Å². The molecule has 2 nitrogen and oxygen atoms in total. The Kier molecular flexibility index (Phi) is 4.63. The van der Waals surface area contributed by atoms with Crippen molar-refractivity contribution in [2.45, 2.75) is 20.3 Å². The third-order valence-corrected chi connectivity index (χ3v) is 1.23. The molecule has 2 N–H and O–H groups in total. The first-order valence-electron chi connectivity index (χ1n) is 3.58. The van der Waals surface area contributed by atoms with Gasteiger partial charge >= 0.3 is 0 Å². The monoisotopic (exact) mass is 140 g/mol. The molecule has 0 aromatic rings. The second-order valence-corrected chi connectivity index (χ2v) is 2.71. The van der Waals surface area contributed by atoms with E-state index in [0.29, 0.717) is 5.92 Å². The third kappa shape index (κ3) is 4.13. The Bertz CT molecular complexity index is 125. The van der Waals surface area contributed by atoms with Gasteiger partial charge in [0.15, 0.2) is 0 Å². The second kappa shape index (κ2) is 5.03. The lowest BCUT2D eigenvalue weighted by molar-refractivity contribution is 0.619. The van der Waals surface area contributed by atoms with Crippen LogP contribution >= 0.6 is 0 Å². The Labute approximate surface area is 62.8 Å². The highest BCUT2D eigenvalue weighted by molar-refractivity contribution is 5.68. The maximum absolute atomic E-state index is 6.84. The molecule has 0 aromatic carbocycles. The van der Waals surface area contributed by atoms with Crippen LogP contribution in [0.1, 0.15) is 20.3 Å². The maximum atomic E-state index is 6.84. The lowest BCUT2D eigenvalue weighted by Crippen LogP contribution is -2.08. The van der Waals surface area contributed by atoms with E-state index in [1.54, 1.807) is 6.08 Å². The van der Waals surface area contributed by atoms with Crippen LogP contribution in [0.2, 0.25) is 0 Å². The molecule has 0 heterocycles. The fraction of sp³-hybridized carbons (Fsp3) is 0.625. The lowest BCUT2D eigenvalue weighted by atomic mass is 10.1. The molecule has 0 saturated carbocycles. The van der Waals surface area contributed by atoms with Crippen LogP contribution in [0.4, 0.5) is 0 Å². The van der Waals surface area contributed by atoms with Gasteiger partial charge in [0.1, 0.15) is 0 Å². The van der Waals surface area contributed by atoms with E-state index in [4.69, 9.17) is 5.41 Å². The first-order chi connectivity index (χ1) is 4.70. The molecule has 0 fully saturated rings. The summed E-state index contributed by atoms with van der Waals surface area (Å²) >= 11 is 0. The van der Waals surface area contributed by atoms with Crippen molar-refractivity contribution in [2.75, 3.05) is 7.05 Å². The Balaban J connectivity index is 3.82. The zero-order chi connectivity index (χ0) is 7.98. The Morgan fingerprint density at radius 1 is 1.60 bits per heavy atom. The van der Waals surface area contributed by atoms with Gasteiger partial charge in [0.25, 0.3) is 0 Å². The number of hydrogen-bond donors (Lipinski definition) is 2. The molecule has 0 rings (SSSR count). The minimum atomic E-state index is 0.652. The van der Waals surface area contributed by atoms with Gasteiger partial charge < -0.3 is 10.7 Å². The molecule has 0 saturated heterocycles.